The van der Waals surface area contributed by atoms with Crippen molar-refractivity contribution in [2.75, 3.05) is 37.6 Å². The lowest BCUT2D eigenvalue weighted by molar-refractivity contribution is -0.130. The van der Waals surface area contributed by atoms with E-state index in [2.05, 4.69) is 33.2 Å². The van der Waals surface area contributed by atoms with E-state index in [1.165, 1.54) is 4.88 Å². The van der Waals surface area contributed by atoms with Gasteiger partial charge in [-0.2, -0.15) is 0 Å². The number of hydrogen-bond donors (Lipinski definition) is 1. The molecule has 28 heavy (non-hydrogen) atoms. The van der Waals surface area contributed by atoms with Gasteiger partial charge in [0.05, 0.1) is 5.39 Å². The lowest BCUT2D eigenvalue weighted by Gasteiger charge is -2.35. The number of ether oxygens (including phenoxy) is 1. The number of thiophene rings is 1. The number of carbonyl (C=O) groups excluding carboxylic acids is 2. The molecule has 0 atom stereocenters. The molecule has 2 aromatic heterocycles. The van der Waals surface area contributed by atoms with Gasteiger partial charge in [-0.1, -0.05) is 6.92 Å². The third-order valence-corrected chi connectivity index (χ3v) is 5.61. The number of amides is 2. The van der Waals surface area contributed by atoms with Gasteiger partial charge in [-0.15, -0.1) is 11.3 Å². The van der Waals surface area contributed by atoms with Crippen LogP contribution in [0.3, 0.4) is 0 Å². The van der Waals surface area contributed by atoms with Crippen molar-refractivity contribution in [2.45, 2.75) is 39.7 Å². The highest BCUT2D eigenvalue weighted by molar-refractivity contribution is 7.18. The molecule has 3 rings (SSSR count). The maximum Gasteiger partial charge on any atom is 0.408 e. The molecule has 8 nitrogen and oxygen atoms in total. The van der Waals surface area contributed by atoms with Gasteiger partial charge in [0, 0.05) is 31.1 Å². The predicted molar refractivity (Wildman–Crippen MR) is 110 cm³/mol. The highest BCUT2D eigenvalue weighted by Crippen LogP contribution is 2.30. The number of hydrogen-bond acceptors (Lipinski definition) is 7. The van der Waals surface area contributed by atoms with Crippen molar-refractivity contribution in [3.63, 3.8) is 0 Å². The van der Waals surface area contributed by atoms with Crippen molar-refractivity contribution >= 4 is 39.4 Å². The standard InChI is InChI=1S/C19H27N5O3S/c1-5-13-10-14-16(21-12-22-17(14)28-13)24-8-6-23(7-9-24)15(25)11-20-18(26)27-19(2,3)4/h10,12H,5-9,11H2,1-4H3,(H,20,26). The number of aromatic nitrogens is 2. The third-order valence-electron chi connectivity index (χ3n) is 4.42. The smallest absolute Gasteiger partial charge is 0.408 e. The Bertz CT molecular complexity index is 853. The minimum Gasteiger partial charge on any atom is -0.444 e. The Labute approximate surface area is 168 Å². The molecule has 0 unspecified atom stereocenters. The first kappa shape index (κ1) is 20.3. The molecule has 0 aliphatic carbocycles. The van der Waals surface area contributed by atoms with E-state index in [9.17, 15) is 9.59 Å². The van der Waals surface area contributed by atoms with Crippen LogP contribution in [-0.2, 0) is 16.0 Å². The summed E-state index contributed by atoms with van der Waals surface area (Å²) in [5, 5.41) is 3.61. The fraction of sp³-hybridized carbons (Fsp3) is 0.579. The van der Waals surface area contributed by atoms with E-state index in [0.717, 1.165) is 22.5 Å². The minimum atomic E-state index is -0.582. The van der Waals surface area contributed by atoms with Crippen LogP contribution in [0, 0.1) is 0 Å². The molecule has 3 heterocycles. The average Bonchev–Trinajstić information content (AvgIpc) is 3.08. The van der Waals surface area contributed by atoms with Crippen molar-refractivity contribution in [3.8, 4) is 0 Å². The fourth-order valence-corrected chi connectivity index (χ4v) is 3.99. The second-order valence-corrected chi connectivity index (χ2v) is 8.82. The second kappa shape index (κ2) is 8.30. The number of piperazine rings is 1. The van der Waals surface area contributed by atoms with E-state index in [-0.39, 0.29) is 12.5 Å². The van der Waals surface area contributed by atoms with Gasteiger partial charge in [0.25, 0.3) is 0 Å². The lowest BCUT2D eigenvalue weighted by Crippen LogP contribution is -2.51. The zero-order chi connectivity index (χ0) is 20.3. The van der Waals surface area contributed by atoms with Gasteiger partial charge in [-0.3, -0.25) is 4.79 Å². The van der Waals surface area contributed by atoms with E-state index in [1.807, 2.05) is 0 Å². The summed E-state index contributed by atoms with van der Waals surface area (Å²) in [4.78, 5) is 39.2. The Kier molecular flexibility index (Phi) is 6.02. The van der Waals surface area contributed by atoms with Crippen molar-refractivity contribution in [2.24, 2.45) is 0 Å². The molecule has 2 aromatic rings. The molecule has 1 N–H and O–H groups in total. The predicted octanol–water partition coefficient (Wildman–Crippen LogP) is 2.43. The number of fused-ring (bicyclic) bond motifs is 1. The van der Waals surface area contributed by atoms with Crippen LogP contribution in [0.4, 0.5) is 10.6 Å². The van der Waals surface area contributed by atoms with Crippen molar-refractivity contribution < 1.29 is 14.3 Å². The topological polar surface area (TPSA) is 87.7 Å². The summed E-state index contributed by atoms with van der Waals surface area (Å²) in [6, 6.07) is 2.16. The zero-order valence-corrected chi connectivity index (χ0v) is 17.6. The number of rotatable bonds is 4. The number of anilines is 1. The van der Waals surface area contributed by atoms with Gasteiger partial charge in [0.2, 0.25) is 5.91 Å². The monoisotopic (exact) mass is 405 g/mol. The molecule has 0 bridgehead atoms. The first-order valence-corrected chi connectivity index (χ1v) is 10.3. The molecule has 0 spiro atoms. The average molecular weight is 406 g/mol. The zero-order valence-electron chi connectivity index (χ0n) is 16.8. The van der Waals surface area contributed by atoms with Crippen LogP contribution >= 0.6 is 11.3 Å². The van der Waals surface area contributed by atoms with Gasteiger partial charge < -0.3 is 19.9 Å². The number of nitrogens with zero attached hydrogens (tertiary/aromatic N) is 4. The summed E-state index contributed by atoms with van der Waals surface area (Å²) >= 11 is 1.70. The number of nitrogens with one attached hydrogen (secondary N) is 1. The SMILES string of the molecule is CCc1cc2c(N3CCN(C(=O)CNC(=O)OC(C)(C)C)CC3)ncnc2s1. The maximum absolute atomic E-state index is 12.4. The lowest BCUT2D eigenvalue weighted by atomic mass is 10.2. The summed E-state index contributed by atoms with van der Waals surface area (Å²) in [5.74, 6) is 0.821. The summed E-state index contributed by atoms with van der Waals surface area (Å²) in [5.41, 5.74) is -0.582. The van der Waals surface area contributed by atoms with Crippen molar-refractivity contribution in [3.05, 3.63) is 17.3 Å². The first-order chi connectivity index (χ1) is 13.3. The molecule has 0 saturated carbocycles. The van der Waals surface area contributed by atoms with E-state index in [0.29, 0.717) is 26.2 Å². The quantitative estimate of drug-likeness (QED) is 0.841. The number of carbonyl (C=O) groups is 2. The molecule has 9 heteroatoms. The molecule has 2 amide bonds. The Morgan fingerprint density at radius 1 is 1.21 bits per heavy atom. The normalized spacial score (nSPS) is 15.0. The Hall–Kier alpha value is -2.42. The maximum atomic E-state index is 12.4. The van der Waals surface area contributed by atoms with E-state index >= 15 is 0 Å². The first-order valence-electron chi connectivity index (χ1n) is 9.50. The second-order valence-electron chi connectivity index (χ2n) is 7.71. The van der Waals surface area contributed by atoms with E-state index < -0.39 is 11.7 Å². The van der Waals surface area contributed by atoms with Crippen LogP contribution < -0.4 is 10.2 Å². The van der Waals surface area contributed by atoms with E-state index in [4.69, 9.17) is 4.74 Å². The van der Waals surface area contributed by atoms with E-state index in [1.54, 1.807) is 43.3 Å². The highest BCUT2D eigenvalue weighted by Gasteiger charge is 2.24. The Morgan fingerprint density at radius 2 is 1.93 bits per heavy atom. The summed E-state index contributed by atoms with van der Waals surface area (Å²) in [7, 11) is 0. The summed E-state index contributed by atoms with van der Waals surface area (Å²) < 4.78 is 5.16. The molecule has 1 saturated heterocycles. The van der Waals surface area contributed by atoms with Crippen LogP contribution in [0.15, 0.2) is 12.4 Å². The largest absolute Gasteiger partial charge is 0.444 e. The van der Waals surface area contributed by atoms with Crippen LogP contribution in [0.5, 0.6) is 0 Å². The highest BCUT2D eigenvalue weighted by atomic mass is 32.1. The number of aryl methyl sites for hydroxylation is 1. The Morgan fingerprint density at radius 3 is 2.57 bits per heavy atom. The summed E-state index contributed by atoms with van der Waals surface area (Å²) in [6.07, 6.45) is 2.01. The molecular weight excluding hydrogens is 378 g/mol. The van der Waals surface area contributed by atoms with Crippen LogP contribution in [0.25, 0.3) is 10.2 Å². The number of alkyl carbamates (subject to hydrolysis) is 1. The fourth-order valence-electron chi connectivity index (χ4n) is 3.06. The van der Waals surface area contributed by atoms with Gasteiger partial charge in [-0.05, 0) is 33.3 Å². The van der Waals surface area contributed by atoms with Gasteiger partial charge in [0.1, 0.15) is 29.1 Å². The van der Waals surface area contributed by atoms with Crippen LogP contribution in [-0.4, -0.2) is 65.2 Å². The molecule has 0 radical (unpaired) electrons. The van der Waals surface area contributed by atoms with Crippen LogP contribution in [0.1, 0.15) is 32.6 Å². The molecule has 1 aliphatic rings. The van der Waals surface area contributed by atoms with Crippen LogP contribution in [0.2, 0.25) is 0 Å². The minimum absolute atomic E-state index is 0.0585. The molecule has 1 fully saturated rings. The Balaban J connectivity index is 1.55. The molecular formula is C19H27N5O3S. The molecule has 1 aliphatic heterocycles. The van der Waals surface area contributed by atoms with Gasteiger partial charge in [0.15, 0.2) is 0 Å². The van der Waals surface area contributed by atoms with Gasteiger partial charge in [-0.25, -0.2) is 14.8 Å². The molecule has 152 valence electrons. The van der Waals surface area contributed by atoms with Crippen molar-refractivity contribution in [1.29, 1.82) is 0 Å². The third kappa shape index (κ3) is 4.89. The van der Waals surface area contributed by atoms with Crippen molar-refractivity contribution in [1.82, 2.24) is 20.2 Å². The molecule has 0 aromatic carbocycles. The summed E-state index contributed by atoms with van der Waals surface area (Å²) in [6.45, 7) is 10.0. The van der Waals surface area contributed by atoms with Gasteiger partial charge >= 0.3 is 6.09 Å².